The predicted octanol–water partition coefficient (Wildman–Crippen LogP) is 4.75. The van der Waals surface area contributed by atoms with Gasteiger partial charge in [0.25, 0.3) is 0 Å². The Morgan fingerprint density at radius 3 is 2.22 bits per heavy atom. The number of benzene rings is 2. The van der Waals surface area contributed by atoms with E-state index in [-0.39, 0.29) is 58.5 Å². The third-order valence-electron chi connectivity index (χ3n) is 6.72. The zero-order chi connectivity index (χ0) is 27.2. The lowest BCUT2D eigenvalue weighted by Crippen LogP contribution is -2.41. The average molecular weight is 575 g/mol. The van der Waals surface area contributed by atoms with E-state index in [1.54, 1.807) is 6.07 Å². The third kappa shape index (κ3) is 7.88. The highest BCUT2D eigenvalue weighted by Crippen LogP contribution is 2.37. The van der Waals surface area contributed by atoms with Gasteiger partial charge >= 0.3 is 0 Å². The Hall–Kier alpha value is -1.75. The summed E-state index contributed by atoms with van der Waals surface area (Å²) in [7, 11) is 1.57. The maximum absolute atomic E-state index is 13.4. The molecule has 1 N–H and O–H groups in total. The van der Waals surface area contributed by atoms with Crippen LogP contribution < -0.4 is 5.32 Å². The van der Waals surface area contributed by atoms with Crippen molar-refractivity contribution in [2.45, 2.75) is 42.7 Å². The molecule has 0 spiro atoms. The number of nitrogens with one attached hydrogen (secondary N) is 1. The number of amides is 1. The molecule has 1 atom stereocenters. The Morgan fingerprint density at radius 1 is 1.05 bits per heavy atom. The first-order chi connectivity index (χ1) is 17.5. The quantitative estimate of drug-likeness (QED) is 0.392. The van der Waals surface area contributed by atoms with Crippen LogP contribution >= 0.6 is 23.2 Å². The molecule has 3 rings (SSSR count). The van der Waals surface area contributed by atoms with Crippen molar-refractivity contribution in [3.8, 4) is 0 Å². The number of carbonyl (C=O) groups excluding carboxylic acids is 1. The molecule has 1 unspecified atom stereocenters. The summed E-state index contributed by atoms with van der Waals surface area (Å²) in [6.07, 6.45) is 3.58. The molecular formula is C26H34Cl2FN3O4S. The highest BCUT2D eigenvalue weighted by atomic mass is 35.5. The molecule has 1 aliphatic rings. The van der Waals surface area contributed by atoms with Gasteiger partial charge in [0.05, 0.1) is 16.7 Å². The molecule has 2 aromatic carbocycles. The molecule has 1 saturated carbocycles. The Bertz CT molecular complexity index is 1140. The molecule has 2 aromatic rings. The molecular weight excluding hydrogens is 540 g/mol. The van der Waals surface area contributed by atoms with Crippen molar-refractivity contribution in [2.24, 2.45) is 5.92 Å². The number of sulfonamides is 1. The van der Waals surface area contributed by atoms with Crippen molar-refractivity contribution in [1.29, 1.82) is 0 Å². The number of likely N-dealkylation sites (N-methyl/N-ethyl adjacent to an activating group) is 1. The predicted molar refractivity (Wildman–Crippen MR) is 144 cm³/mol. The molecule has 0 bridgehead atoms. The standard InChI is InChI=1S/C26H34Cl2FN3O4S/c1-31(2)25(18-7-11-20(29)12-8-18)19-9-13-21(14-10-19)30-24(33)17-36-16-15-32(3)37(34,35)26-22(27)5-4-6-23(26)28/h4-8,11-12,19,21,25H,9-10,13-17H2,1-3H3,(H,30,33). The summed E-state index contributed by atoms with van der Waals surface area (Å²) in [4.78, 5) is 14.4. The Balaban J connectivity index is 1.42. The summed E-state index contributed by atoms with van der Waals surface area (Å²) in [5, 5.41) is 3.11. The van der Waals surface area contributed by atoms with Gasteiger partial charge < -0.3 is 15.0 Å². The Labute approximate surface area is 228 Å². The molecule has 0 aromatic heterocycles. The number of nitrogens with zero attached hydrogens (tertiary/aromatic N) is 2. The lowest BCUT2D eigenvalue weighted by Gasteiger charge is -2.37. The number of hydrogen-bond acceptors (Lipinski definition) is 5. The van der Waals surface area contributed by atoms with Crippen molar-refractivity contribution in [3.63, 3.8) is 0 Å². The van der Waals surface area contributed by atoms with Crippen LogP contribution in [0, 0.1) is 11.7 Å². The summed E-state index contributed by atoms with van der Waals surface area (Å²) < 4.78 is 45.5. The second-order valence-corrected chi connectivity index (χ2v) is 12.4. The number of carbonyl (C=O) groups is 1. The SMILES string of the molecule is CN(C)C(c1ccc(F)cc1)C1CCC(NC(=O)COCCN(C)S(=O)(=O)c2c(Cl)cccc2Cl)CC1. The monoisotopic (exact) mass is 573 g/mol. The van der Waals surface area contributed by atoms with E-state index in [9.17, 15) is 17.6 Å². The first-order valence-corrected chi connectivity index (χ1v) is 14.4. The first kappa shape index (κ1) is 29.8. The van der Waals surface area contributed by atoms with Crippen LogP contribution in [0.5, 0.6) is 0 Å². The van der Waals surface area contributed by atoms with Crippen LogP contribution in [0.3, 0.4) is 0 Å². The first-order valence-electron chi connectivity index (χ1n) is 12.2. The van der Waals surface area contributed by atoms with Gasteiger partial charge in [-0.25, -0.2) is 12.8 Å². The lowest BCUT2D eigenvalue weighted by atomic mass is 9.78. The van der Waals surface area contributed by atoms with Crippen LogP contribution in [0.1, 0.15) is 37.3 Å². The number of halogens is 3. The third-order valence-corrected chi connectivity index (χ3v) is 9.54. The normalized spacial score (nSPS) is 19.2. The molecule has 1 amide bonds. The highest BCUT2D eigenvalue weighted by molar-refractivity contribution is 7.89. The van der Waals surface area contributed by atoms with E-state index in [1.807, 2.05) is 26.2 Å². The van der Waals surface area contributed by atoms with Gasteiger partial charge in [-0.05, 0) is 75.5 Å². The van der Waals surface area contributed by atoms with Crippen molar-refractivity contribution >= 4 is 39.1 Å². The topological polar surface area (TPSA) is 79.0 Å². The maximum atomic E-state index is 13.4. The van der Waals surface area contributed by atoms with Gasteiger partial charge in [0.15, 0.2) is 0 Å². The summed E-state index contributed by atoms with van der Waals surface area (Å²) in [6.45, 7) is -0.0751. The molecule has 0 radical (unpaired) electrons. The molecule has 0 aliphatic heterocycles. The summed E-state index contributed by atoms with van der Waals surface area (Å²) in [5.74, 6) is -0.0621. The van der Waals surface area contributed by atoms with E-state index in [2.05, 4.69) is 10.2 Å². The van der Waals surface area contributed by atoms with Crippen LogP contribution in [0.2, 0.25) is 10.0 Å². The fourth-order valence-electron chi connectivity index (χ4n) is 4.86. The number of rotatable bonds is 11. The van der Waals surface area contributed by atoms with Gasteiger partial charge in [0.2, 0.25) is 15.9 Å². The van der Waals surface area contributed by atoms with E-state index in [4.69, 9.17) is 27.9 Å². The van der Waals surface area contributed by atoms with Crippen molar-refractivity contribution in [1.82, 2.24) is 14.5 Å². The summed E-state index contributed by atoms with van der Waals surface area (Å²) in [5.41, 5.74) is 1.09. The van der Waals surface area contributed by atoms with Crippen LogP contribution in [-0.2, 0) is 19.6 Å². The van der Waals surface area contributed by atoms with E-state index in [0.717, 1.165) is 35.6 Å². The van der Waals surface area contributed by atoms with Crippen molar-refractivity contribution < 1.29 is 22.3 Å². The van der Waals surface area contributed by atoms with E-state index >= 15 is 0 Å². The Kier molecular flexibility index (Phi) is 10.8. The molecule has 11 heteroatoms. The second kappa shape index (κ2) is 13.4. The average Bonchev–Trinajstić information content (AvgIpc) is 2.83. The van der Waals surface area contributed by atoms with Crippen LogP contribution in [-0.4, -0.2) is 70.5 Å². The number of hydrogen-bond donors (Lipinski definition) is 1. The van der Waals surface area contributed by atoms with Gasteiger partial charge in [-0.2, -0.15) is 4.31 Å². The fraction of sp³-hybridized carbons (Fsp3) is 0.500. The largest absolute Gasteiger partial charge is 0.370 e. The van der Waals surface area contributed by atoms with Crippen molar-refractivity contribution in [3.05, 3.63) is 63.9 Å². The molecule has 0 heterocycles. The second-order valence-electron chi connectivity index (χ2n) is 9.57. The summed E-state index contributed by atoms with van der Waals surface area (Å²) in [6, 6.07) is 11.4. The van der Waals surface area contributed by atoms with E-state index < -0.39 is 10.0 Å². The minimum Gasteiger partial charge on any atom is -0.370 e. The maximum Gasteiger partial charge on any atom is 0.246 e. The van der Waals surface area contributed by atoms with Gasteiger partial charge in [-0.3, -0.25) is 4.79 Å². The molecule has 1 aliphatic carbocycles. The van der Waals surface area contributed by atoms with Gasteiger partial charge in [-0.1, -0.05) is 41.4 Å². The molecule has 1 fully saturated rings. The fourth-order valence-corrected chi connectivity index (χ4v) is 7.10. The lowest BCUT2D eigenvalue weighted by molar-refractivity contribution is -0.126. The van der Waals surface area contributed by atoms with Crippen LogP contribution in [0.4, 0.5) is 4.39 Å². The zero-order valence-electron chi connectivity index (χ0n) is 21.3. The van der Waals surface area contributed by atoms with Crippen LogP contribution in [0.15, 0.2) is 47.4 Å². The van der Waals surface area contributed by atoms with Crippen molar-refractivity contribution in [2.75, 3.05) is 40.9 Å². The molecule has 204 valence electrons. The van der Waals surface area contributed by atoms with E-state index in [1.165, 1.54) is 31.3 Å². The minimum atomic E-state index is -3.90. The molecule has 0 saturated heterocycles. The van der Waals surface area contributed by atoms with Gasteiger partial charge in [0, 0.05) is 25.7 Å². The number of ether oxygens (including phenoxy) is 1. The van der Waals surface area contributed by atoms with E-state index in [0.29, 0.717) is 5.92 Å². The van der Waals surface area contributed by atoms with Gasteiger partial charge in [0.1, 0.15) is 17.3 Å². The van der Waals surface area contributed by atoms with Crippen LogP contribution in [0.25, 0.3) is 0 Å². The minimum absolute atomic E-state index is 0.0393. The smallest absolute Gasteiger partial charge is 0.246 e. The Morgan fingerprint density at radius 2 is 1.65 bits per heavy atom. The molecule has 7 nitrogen and oxygen atoms in total. The summed E-state index contributed by atoms with van der Waals surface area (Å²) >= 11 is 12.1. The molecule has 37 heavy (non-hydrogen) atoms. The highest BCUT2D eigenvalue weighted by Gasteiger charge is 2.31. The van der Waals surface area contributed by atoms with Gasteiger partial charge in [-0.15, -0.1) is 0 Å². The zero-order valence-corrected chi connectivity index (χ0v) is 23.6.